The first-order valence-electron chi connectivity index (χ1n) is 10.3. The normalized spacial score (nSPS) is 17.1. The Morgan fingerprint density at radius 1 is 1.09 bits per heavy atom. The van der Waals surface area contributed by atoms with Crippen molar-refractivity contribution in [1.82, 2.24) is 4.98 Å². The standard InChI is InChI=1S/C25H15ClN2O6/c26-15-3-5-17-14(8-15)9-20(34-17)23(29)21-22(13-2-1-7-27-11-13)28(25(31)24(21)30)16-4-6-18-19(10-16)33-12-32-18/h1-11,22,30H,12H2. The van der Waals surface area contributed by atoms with Crippen LogP contribution in [-0.4, -0.2) is 28.6 Å². The van der Waals surface area contributed by atoms with Crippen LogP contribution in [0.3, 0.4) is 0 Å². The van der Waals surface area contributed by atoms with E-state index in [2.05, 4.69) is 4.98 Å². The molecule has 1 N–H and O–H groups in total. The molecular formula is C25H15ClN2O6. The number of amides is 1. The van der Waals surface area contributed by atoms with Gasteiger partial charge in [0.15, 0.2) is 23.0 Å². The SMILES string of the molecule is O=C(C1=C(O)C(=O)N(c2ccc3c(c2)OCO3)C1c1cccnc1)c1cc2cc(Cl)ccc2o1. The van der Waals surface area contributed by atoms with E-state index in [0.717, 1.165) is 0 Å². The van der Waals surface area contributed by atoms with Gasteiger partial charge in [-0.15, -0.1) is 0 Å². The molecule has 2 aliphatic heterocycles. The van der Waals surface area contributed by atoms with Crippen LogP contribution < -0.4 is 14.4 Å². The predicted molar refractivity (Wildman–Crippen MR) is 122 cm³/mol. The lowest BCUT2D eigenvalue weighted by Gasteiger charge is -2.26. The highest BCUT2D eigenvalue weighted by molar-refractivity contribution is 6.31. The van der Waals surface area contributed by atoms with Crippen molar-refractivity contribution in [2.24, 2.45) is 0 Å². The van der Waals surface area contributed by atoms with E-state index < -0.39 is 23.5 Å². The lowest BCUT2D eigenvalue weighted by molar-refractivity contribution is -0.117. The molecule has 1 atom stereocenters. The van der Waals surface area contributed by atoms with Crippen LogP contribution in [0.15, 0.2) is 82.7 Å². The van der Waals surface area contributed by atoms with E-state index in [9.17, 15) is 14.7 Å². The van der Waals surface area contributed by atoms with Crippen molar-refractivity contribution in [3.8, 4) is 11.5 Å². The summed E-state index contributed by atoms with van der Waals surface area (Å²) in [6, 6.07) is 14.0. The number of pyridine rings is 1. The molecule has 0 bridgehead atoms. The number of ether oxygens (including phenoxy) is 2. The summed E-state index contributed by atoms with van der Waals surface area (Å²) in [4.78, 5) is 32.4. The maximum atomic E-state index is 13.6. The monoisotopic (exact) mass is 474 g/mol. The van der Waals surface area contributed by atoms with Crippen LogP contribution in [-0.2, 0) is 4.79 Å². The number of aliphatic hydroxyl groups is 1. The van der Waals surface area contributed by atoms with Gasteiger partial charge in [-0.2, -0.15) is 0 Å². The van der Waals surface area contributed by atoms with E-state index in [1.165, 1.54) is 11.0 Å². The van der Waals surface area contributed by atoms with E-state index in [-0.39, 0.29) is 18.1 Å². The van der Waals surface area contributed by atoms with Gasteiger partial charge in [-0.25, -0.2) is 0 Å². The molecule has 4 aromatic rings. The number of hydrogen-bond acceptors (Lipinski definition) is 7. The highest BCUT2D eigenvalue weighted by atomic mass is 35.5. The molecule has 0 radical (unpaired) electrons. The molecule has 0 saturated carbocycles. The molecule has 0 fully saturated rings. The Hall–Kier alpha value is -4.30. The molecule has 1 amide bonds. The number of hydrogen-bond donors (Lipinski definition) is 1. The highest BCUT2D eigenvalue weighted by Crippen LogP contribution is 2.44. The van der Waals surface area contributed by atoms with Crippen LogP contribution in [0.2, 0.25) is 5.02 Å². The third kappa shape index (κ3) is 3.11. The smallest absolute Gasteiger partial charge is 0.294 e. The lowest BCUT2D eigenvalue weighted by Crippen LogP contribution is -2.31. The van der Waals surface area contributed by atoms with Crippen LogP contribution >= 0.6 is 11.6 Å². The Morgan fingerprint density at radius 2 is 1.94 bits per heavy atom. The van der Waals surface area contributed by atoms with Crippen molar-refractivity contribution < 1.29 is 28.6 Å². The van der Waals surface area contributed by atoms with Gasteiger partial charge in [0.25, 0.3) is 5.91 Å². The maximum absolute atomic E-state index is 13.6. The number of nitrogens with zero attached hydrogens (tertiary/aromatic N) is 2. The van der Waals surface area contributed by atoms with Gasteiger partial charge in [0.1, 0.15) is 5.58 Å². The molecule has 168 valence electrons. The first-order valence-corrected chi connectivity index (χ1v) is 10.7. The minimum absolute atomic E-state index is 0.0203. The van der Waals surface area contributed by atoms with Crippen molar-refractivity contribution >= 4 is 39.9 Å². The molecule has 2 aromatic carbocycles. The average molecular weight is 475 g/mol. The van der Waals surface area contributed by atoms with Gasteiger partial charge in [-0.3, -0.25) is 19.5 Å². The number of benzene rings is 2. The van der Waals surface area contributed by atoms with E-state index >= 15 is 0 Å². The fourth-order valence-electron chi connectivity index (χ4n) is 4.25. The number of anilines is 1. The summed E-state index contributed by atoms with van der Waals surface area (Å²) in [5, 5.41) is 12.0. The maximum Gasteiger partial charge on any atom is 0.294 e. The topological polar surface area (TPSA) is 102 Å². The van der Waals surface area contributed by atoms with Crippen LogP contribution in [0, 0.1) is 0 Å². The van der Waals surface area contributed by atoms with Gasteiger partial charge in [0, 0.05) is 34.6 Å². The molecule has 0 aliphatic carbocycles. The van der Waals surface area contributed by atoms with E-state index in [1.54, 1.807) is 60.9 Å². The van der Waals surface area contributed by atoms with Gasteiger partial charge in [-0.05, 0) is 48.0 Å². The van der Waals surface area contributed by atoms with E-state index in [0.29, 0.717) is 38.7 Å². The molecule has 2 aromatic heterocycles. The molecule has 0 saturated heterocycles. The molecule has 4 heterocycles. The summed E-state index contributed by atoms with van der Waals surface area (Å²) in [7, 11) is 0. The Kier molecular flexibility index (Phi) is 4.56. The number of furan rings is 1. The van der Waals surface area contributed by atoms with Gasteiger partial charge >= 0.3 is 0 Å². The molecule has 9 heteroatoms. The number of halogens is 1. The second-order valence-corrected chi connectivity index (χ2v) is 8.22. The summed E-state index contributed by atoms with van der Waals surface area (Å²) in [6.45, 7) is 0.0715. The van der Waals surface area contributed by atoms with E-state index in [1.807, 2.05) is 0 Å². The highest BCUT2D eigenvalue weighted by Gasteiger charge is 2.45. The quantitative estimate of drug-likeness (QED) is 0.415. The van der Waals surface area contributed by atoms with Crippen LogP contribution in [0.25, 0.3) is 11.0 Å². The second-order valence-electron chi connectivity index (χ2n) is 7.79. The van der Waals surface area contributed by atoms with Crippen molar-refractivity contribution in [3.05, 3.63) is 94.7 Å². The number of carbonyl (C=O) groups is 2. The van der Waals surface area contributed by atoms with Gasteiger partial charge in [0.05, 0.1) is 11.6 Å². The third-order valence-electron chi connectivity index (χ3n) is 5.79. The summed E-state index contributed by atoms with van der Waals surface area (Å²) < 4.78 is 16.5. The molecule has 34 heavy (non-hydrogen) atoms. The van der Waals surface area contributed by atoms with Crippen molar-refractivity contribution in [3.63, 3.8) is 0 Å². The largest absolute Gasteiger partial charge is 0.503 e. The number of aromatic nitrogens is 1. The molecule has 0 spiro atoms. The number of Topliss-reactive ketones (excluding diaryl/α,β-unsaturated/α-hetero) is 1. The van der Waals surface area contributed by atoms with Crippen LogP contribution in [0.5, 0.6) is 11.5 Å². The second kappa shape index (κ2) is 7.64. The lowest BCUT2D eigenvalue weighted by atomic mass is 9.96. The minimum atomic E-state index is -0.939. The summed E-state index contributed by atoms with van der Waals surface area (Å²) in [6.07, 6.45) is 3.13. The number of rotatable bonds is 4. The number of ketones is 1. The zero-order chi connectivity index (χ0) is 23.4. The Balaban J connectivity index is 1.48. The minimum Gasteiger partial charge on any atom is -0.503 e. The number of aliphatic hydroxyl groups excluding tert-OH is 1. The summed E-state index contributed by atoms with van der Waals surface area (Å²) >= 11 is 6.05. The first kappa shape index (κ1) is 20.3. The molecule has 1 unspecified atom stereocenters. The number of fused-ring (bicyclic) bond motifs is 2. The predicted octanol–water partition coefficient (Wildman–Crippen LogP) is 4.99. The zero-order valence-electron chi connectivity index (χ0n) is 17.4. The summed E-state index contributed by atoms with van der Waals surface area (Å²) in [5.74, 6) is -1.01. The third-order valence-corrected chi connectivity index (χ3v) is 6.02. The van der Waals surface area contributed by atoms with Gasteiger partial charge < -0.3 is 19.0 Å². The Labute approximate surface area is 197 Å². The number of carbonyl (C=O) groups excluding carboxylic acids is 2. The van der Waals surface area contributed by atoms with Gasteiger partial charge in [0.2, 0.25) is 12.6 Å². The molecule has 6 rings (SSSR count). The van der Waals surface area contributed by atoms with Crippen molar-refractivity contribution in [1.29, 1.82) is 0 Å². The van der Waals surface area contributed by atoms with Crippen LogP contribution in [0.4, 0.5) is 5.69 Å². The summed E-state index contributed by atoms with van der Waals surface area (Å²) in [5.41, 5.74) is 1.32. The Bertz CT molecular complexity index is 1510. The Morgan fingerprint density at radius 3 is 2.76 bits per heavy atom. The fourth-order valence-corrected chi connectivity index (χ4v) is 4.43. The zero-order valence-corrected chi connectivity index (χ0v) is 18.2. The molecule has 2 aliphatic rings. The fraction of sp³-hybridized carbons (Fsp3) is 0.0800. The first-order chi connectivity index (χ1) is 16.5. The molecule has 8 nitrogen and oxygen atoms in total. The van der Waals surface area contributed by atoms with Gasteiger partial charge in [-0.1, -0.05) is 17.7 Å². The van der Waals surface area contributed by atoms with E-state index in [4.69, 9.17) is 25.5 Å². The van der Waals surface area contributed by atoms with Crippen molar-refractivity contribution in [2.45, 2.75) is 6.04 Å². The van der Waals surface area contributed by atoms with Crippen LogP contribution in [0.1, 0.15) is 22.2 Å². The average Bonchev–Trinajstić information content (AvgIpc) is 3.55. The molecular weight excluding hydrogens is 460 g/mol. The van der Waals surface area contributed by atoms with Crippen molar-refractivity contribution in [2.75, 3.05) is 11.7 Å².